The minimum atomic E-state index is -0.339. The maximum absolute atomic E-state index is 13.5. The molecule has 0 aliphatic heterocycles. The molecule has 1 aromatic heterocycles. The lowest BCUT2D eigenvalue weighted by molar-refractivity contribution is 0.0698. The van der Waals surface area contributed by atoms with Crippen molar-refractivity contribution >= 4 is 5.96 Å². The van der Waals surface area contributed by atoms with Crippen molar-refractivity contribution in [3.05, 3.63) is 29.8 Å². The number of hydrogen-bond donors (Lipinski definition) is 2. The van der Waals surface area contributed by atoms with Crippen LogP contribution in [0.2, 0.25) is 0 Å². The molecule has 0 bridgehead atoms. The molecule has 0 saturated heterocycles. The Balaban J connectivity index is 2.32. The van der Waals surface area contributed by atoms with Gasteiger partial charge in [-0.1, -0.05) is 0 Å². The second kappa shape index (κ2) is 11.9. The molecule has 6 nitrogen and oxygen atoms in total. The third kappa shape index (κ3) is 7.90. The van der Waals surface area contributed by atoms with Gasteiger partial charge in [0, 0.05) is 33.0 Å². The lowest BCUT2D eigenvalue weighted by Gasteiger charge is -2.11. The fourth-order valence-electron chi connectivity index (χ4n) is 1.66. The summed E-state index contributed by atoms with van der Waals surface area (Å²) in [6, 6.07) is 2.95. The Bertz CT molecular complexity index is 443. The predicted molar refractivity (Wildman–Crippen MR) is 84.3 cm³/mol. The molecule has 0 spiro atoms. The standard InChI is InChI=1S/C15H25FN4O2/c1-3-17-15(19-8-5-9-22-11-10-21-2)20-12-14-13(16)6-4-7-18-14/h4,6-7H,3,5,8-12H2,1-2H3,(H2,17,19,20). The van der Waals surface area contributed by atoms with Gasteiger partial charge in [-0.05, 0) is 25.5 Å². The van der Waals surface area contributed by atoms with Crippen molar-refractivity contribution in [3.63, 3.8) is 0 Å². The van der Waals surface area contributed by atoms with Crippen molar-refractivity contribution in [2.75, 3.05) is 40.0 Å². The van der Waals surface area contributed by atoms with Crippen molar-refractivity contribution in [1.82, 2.24) is 15.6 Å². The van der Waals surface area contributed by atoms with Gasteiger partial charge in [-0.15, -0.1) is 0 Å². The minimum absolute atomic E-state index is 0.201. The number of methoxy groups -OCH3 is 1. The maximum Gasteiger partial charge on any atom is 0.191 e. The summed E-state index contributed by atoms with van der Waals surface area (Å²) in [5.41, 5.74) is 0.336. The average molecular weight is 312 g/mol. The number of aliphatic imine (C=N–C) groups is 1. The maximum atomic E-state index is 13.5. The van der Waals surface area contributed by atoms with Gasteiger partial charge in [0.25, 0.3) is 0 Å². The highest BCUT2D eigenvalue weighted by molar-refractivity contribution is 5.79. The Kier molecular flexibility index (Phi) is 9.89. The van der Waals surface area contributed by atoms with E-state index in [1.165, 1.54) is 6.07 Å². The molecule has 2 N–H and O–H groups in total. The molecule has 1 heterocycles. The van der Waals surface area contributed by atoms with Gasteiger partial charge < -0.3 is 20.1 Å². The molecule has 0 aliphatic rings. The number of nitrogens with one attached hydrogen (secondary N) is 2. The SMILES string of the molecule is CCNC(=NCc1ncccc1F)NCCCOCCOC. The van der Waals surface area contributed by atoms with Crippen molar-refractivity contribution in [3.8, 4) is 0 Å². The van der Waals surface area contributed by atoms with E-state index in [-0.39, 0.29) is 12.4 Å². The third-order valence-corrected chi connectivity index (χ3v) is 2.76. The van der Waals surface area contributed by atoms with Crippen LogP contribution in [0.15, 0.2) is 23.3 Å². The van der Waals surface area contributed by atoms with Gasteiger partial charge in [0.15, 0.2) is 5.96 Å². The van der Waals surface area contributed by atoms with Gasteiger partial charge in [0.05, 0.1) is 25.5 Å². The number of aromatic nitrogens is 1. The van der Waals surface area contributed by atoms with E-state index in [2.05, 4.69) is 20.6 Å². The van der Waals surface area contributed by atoms with Crippen LogP contribution in [0.3, 0.4) is 0 Å². The zero-order valence-corrected chi connectivity index (χ0v) is 13.3. The van der Waals surface area contributed by atoms with Crippen LogP contribution < -0.4 is 10.6 Å². The molecule has 0 radical (unpaired) electrons. The van der Waals surface area contributed by atoms with Gasteiger partial charge in [0.2, 0.25) is 0 Å². The average Bonchev–Trinajstić information content (AvgIpc) is 2.53. The highest BCUT2D eigenvalue weighted by Gasteiger charge is 2.02. The lowest BCUT2D eigenvalue weighted by atomic mass is 10.3. The largest absolute Gasteiger partial charge is 0.382 e. The summed E-state index contributed by atoms with van der Waals surface area (Å²) in [6.07, 6.45) is 2.41. The number of pyridine rings is 1. The van der Waals surface area contributed by atoms with Gasteiger partial charge in [-0.3, -0.25) is 4.98 Å². The van der Waals surface area contributed by atoms with Gasteiger partial charge in [-0.2, -0.15) is 0 Å². The van der Waals surface area contributed by atoms with Crippen LogP contribution in [-0.4, -0.2) is 51.0 Å². The Morgan fingerprint density at radius 1 is 1.32 bits per heavy atom. The normalized spacial score (nSPS) is 11.5. The van der Waals surface area contributed by atoms with E-state index in [0.717, 1.165) is 19.5 Å². The molecule has 7 heteroatoms. The minimum Gasteiger partial charge on any atom is -0.382 e. The molecular weight excluding hydrogens is 287 g/mol. The zero-order chi connectivity index (χ0) is 16.0. The number of ether oxygens (including phenoxy) is 2. The lowest BCUT2D eigenvalue weighted by Crippen LogP contribution is -2.38. The highest BCUT2D eigenvalue weighted by Crippen LogP contribution is 2.03. The van der Waals surface area contributed by atoms with E-state index in [4.69, 9.17) is 9.47 Å². The molecule has 0 atom stereocenters. The third-order valence-electron chi connectivity index (χ3n) is 2.76. The van der Waals surface area contributed by atoms with Crippen LogP contribution in [0, 0.1) is 5.82 Å². The van der Waals surface area contributed by atoms with Crippen molar-refractivity contribution in [2.45, 2.75) is 19.9 Å². The quantitative estimate of drug-likeness (QED) is 0.387. The molecule has 1 rings (SSSR count). The van der Waals surface area contributed by atoms with Gasteiger partial charge >= 0.3 is 0 Å². The zero-order valence-electron chi connectivity index (χ0n) is 13.3. The summed E-state index contributed by atoms with van der Waals surface area (Å²) in [5, 5.41) is 6.29. The summed E-state index contributed by atoms with van der Waals surface area (Å²) in [5.74, 6) is 0.304. The van der Waals surface area contributed by atoms with E-state index in [9.17, 15) is 4.39 Å². The summed E-state index contributed by atoms with van der Waals surface area (Å²) in [4.78, 5) is 8.30. The van der Waals surface area contributed by atoms with Crippen LogP contribution >= 0.6 is 0 Å². The number of halogens is 1. The number of nitrogens with zero attached hydrogens (tertiary/aromatic N) is 2. The molecule has 0 fully saturated rings. The van der Waals surface area contributed by atoms with Crippen LogP contribution in [0.25, 0.3) is 0 Å². The van der Waals surface area contributed by atoms with Crippen LogP contribution in [0.5, 0.6) is 0 Å². The van der Waals surface area contributed by atoms with E-state index in [0.29, 0.717) is 31.5 Å². The second-order valence-electron chi connectivity index (χ2n) is 4.51. The Hall–Kier alpha value is -1.73. The molecule has 1 aromatic rings. The van der Waals surface area contributed by atoms with E-state index >= 15 is 0 Å². The Morgan fingerprint density at radius 3 is 2.91 bits per heavy atom. The molecule has 0 amide bonds. The van der Waals surface area contributed by atoms with Crippen molar-refractivity contribution in [2.24, 2.45) is 4.99 Å². The molecule has 0 unspecified atom stereocenters. The first-order chi connectivity index (χ1) is 10.8. The fourth-order valence-corrected chi connectivity index (χ4v) is 1.66. The van der Waals surface area contributed by atoms with E-state index < -0.39 is 0 Å². The van der Waals surface area contributed by atoms with Crippen LogP contribution in [0.4, 0.5) is 4.39 Å². The van der Waals surface area contributed by atoms with Crippen molar-refractivity contribution in [1.29, 1.82) is 0 Å². The smallest absolute Gasteiger partial charge is 0.191 e. The van der Waals surface area contributed by atoms with Crippen molar-refractivity contribution < 1.29 is 13.9 Å². The molecule has 22 heavy (non-hydrogen) atoms. The Morgan fingerprint density at radius 2 is 2.18 bits per heavy atom. The first kappa shape index (κ1) is 18.3. The van der Waals surface area contributed by atoms with E-state index in [1.54, 1.807) is 19.4 Å². The monoisotopic (exact) mass is 312 g/mol. The highest BCUT2D eigenvalue weighted by atomic mass is 19.1. The summed E-state index contributed by atoms with van der Waals surface area (Å²) in [6.45, 7) is 5.50. The summed E-state index contributed by atoms with van der Waals surface area (Å²) in [7, 11) is 1.65. The van der Waals surface area contributed by atoms with Gasteiger partial charge in [0.1, 0.15) is 5.82 Å². The number of hydrogen-bond acceptors (Lipinski definition) is 4. The fraction of sp³-hybridized carbons (Fsp3) is 0.600. The first-order valence-electron chi connectivity index (χ1n) is 7.46. The molecule has 124 valence electrons. The predicted octanol–water partition coefficient (Wildman–Crippen LogP) is 1.33. The topological polar surface area (TPSA) is 67.8 Å². The molecular formula is C15H25FN4O2. The van der Waals surface area contributed by atoms with Crippen LogP contribution in [0.1, 0.15) is 19.0 Å². The molecule has 0 aromatic carbocycles. The Labute approximate surface area is 131 Å². The molecule has 0 aliphatic carbocycles. The summed E-state index contributed by atoms with van der Waals surface area (Å²) >= 11 is 0. The van der Waals surface area contributed by atoms with Crippen LogP contribution in [-0.2, 0) is 16.0 Å². The molecule has 0 saturated carbocycles. The summed E-state index contributed by atoms with van der Waals surface area (Å²) < 4.78 is 23.8. The number of guanidine groups is 1. The van der Waals surface area contributed by atoms with E-state index in [1.807, 2.05) is 6.92 Å². The second-order valence-corrected chi connectivity index (χ2v) is 4.51. The first-order valence-corrected chi connectivity index (χ1v) is 7.46. The number of rotatable bonds is 10. The van der Waals surface area contributed by atoms with Gasteiger partial charge in [-0.25, -0.2) is 9.38 Å².